The number of rotatable bonds is 8. The van der Waals surface area contributed by atoms with E-state index in [4.69, 9.17) is 5.11 Å². The average molecular weight is 388 g/mol. The van der Waals surface area contributed by atoms with E-state index in [1.807, 2.05) is 24.3 Å². The molecule has 0 amide bonds. The zero-order chi connectivity index (χ0) is 19.3. The van der Waals surface area contributed by atoms with Crippen molar-refractivity contribution in [2.75, 3.05) is 6.54 Å². The molecule has 5 nitrogen and oxygen atoms in total. The van der Waals surface area contributed by atoms with Gasteiger partial charge >= 0.3 is 5.97 Å². The lowest BCUT2D eigenvalue weighted by Gasteiger charge is -2.29. The Morgan fingerprint density at radius 3 is 2.15 bits per heavy atom. The quantitative estimate of drug-likeness (QED) is 0.727. The summed E-state index contributed by atoms with van der Waals surface area (Å²) in [6.45, 7) is 0.418. The smallest absolute Gasteiger partial charge is 0.307 e. The molecule has 1 aliphatic carbocycles. The Bertz CT molecular complexity index is 870. The lowest BCUT2D eigenvalue weighted by atomic mass is 9.80. The predicted molar refractivity (Wildman–Crippen MR) is 104 cm³/mol. The highest BCUT2D eigenvalue weighted by atomic mass is 32.2. The first-order valence-corrected chi connectivity index (χ1v) is 10.7. The van der Waals surface area contributed by atoms with Gasteiger partial charge in [-0.15, -0.1) is 0 Å². The van der Waals surface area contributed by atoms with Crippen LogP contribution in [0.2, 0.25) is 0 Å². The summed E-state index contributed by atoms with van der Waals surface area (Å²) >= 11 is 0. The molecule has 3 rings (SSSR count). The third-order valence-electron chi connectivity index (χ3n) is 5.31. The zero-order valence-electron chi connectivity index (χ0n) is 15.2. The standard InChI is InChI=1S/C21H25NO4S/c23-20(24)14-17-8-10-18(11-9-17)15-21(12-4-5-13-21)16-22-27(25,26)19-6-2-1-3-7-19/h1-3,6-11,22H,4-5,12-16H2,(H,23,24). The molecule has 2 aromatic carbocycles. The molecule has 0 unspecified atom stereocenters. The topological polar surface area (TPSA) is 83.5 Å². The van der Waals surface area contributed by atoms with Gasteiger partial charge in [0.05, 0.1) is 11.3 Å². The van der Waals surface area contributed by atoms with Crippen molar-refractivity contribution in [2.24, 2.45) is 5.41 Å². The van der Waals surface area contributed by atoms with E-state index in [0.29, 0.717) is 6.54 Å². The minimum absolute atomic E-state index is 0.0162. The van der Waals surface area contributed by atoms with Gasteiger partial charge in [-0.25, -0.2) is 13.1 Å². The first-order valence-electron chi connectivity index (χ1n) is 9.23. The molecule has 0 bridgehead atoms. The van der Waals surface area contributed by atoms with Gasteiger partial charge in [-0.05, 0) is 47.9 Å². The number of hydrogen-bond acceptors (Lipinski definition) is 3. The second kappa shape index (κ2) is 8.23. The van der Waals surface area contributed by atoms with Gasteiger partial charge in [0.1, 0.15) is 0 Å². The van der Waals surface area contributed by atoms with Crippen LogP contribution in [-0.2, 0) is 27.7 Å². The molecule has 0 aliphatic heterocycles. The van der Waals surface area contributed by atoms with Gasteiger partial charge in [0.15, 0.2) is 0 Å². The van der Waals surface area contributed by atoms with Crippen molar-refractivity contribution in [3.8, 4) is 0 Å². The van der Waals surface area contributed by atoms with Crippen molar-refractivity contribution >= 4 is 16.0 Å². The minimum Gasteiger partial charge on any atom is -0.481 e. The molecule has 1 saturated carbocycles. The Kier molecular flexibility index (Phi) is 5.97. The molecular weight excluding hydrogens is 362 g/mol. The van der Waals surface area contributed by atoms with E-state index in [-0.39, 0.29) is 16.7 Å². The summed E-state index contributed by atoms with van der Waals surface area (Å²) in [5.41, 5.74) is 1.80. The molecule has 1 fully saturated rings. The molecule has 0 saturated heterocycles. The van der Waals surface area contributed by atoms with Gasteiger partial charge in [0.2, 0.25) is 10.0 Å². The van der Waals surface area contributed by atoms with Crippen LogP contribution in [0.5, 0.6) is 0 Å². The van der Waals surface area contributed by atoms with E-state index in [1.54, 1.807) is 30.3 Å². The van der Waals surface area contributed by atoms with Crippen LogP contribution in [0, 0.1) is 5.41 Å². The van der Waals surface area contributed by atoms with Crippen LogP contribution in [0.3, 0.4) is 0 Å². The first-order chi connectivity index (χ1) is 12.9. The summed E-state index contributed by atoms with van der Waals surface area (Å²) in [4.78, 5) is 11.1. The number of carboxylic acids is 1. The molecule has 27 heavy (non-hydrogen) atoms. The summed E-state index contributed by atoms with van der Waals surface area (Å²) in [5.74, 6) is -0.842. The molecule has 6 heteroatoms. The van der Waals surface area contributed by atoms with Crippen molar-refractivity contribution in [3.63, 3.8) is 0 Å². The number of carboxylic acid groups (broad SMARTS) is 1. The van der Waals surface area contributed by atoms with Crippen LogP contribution < -0.4 is 4.72 Å². The molecule has 144 valence electrons. The lowest BCUT2D eigenvalue weighted by molar-refractivity contribution is -0.136. The maximum absolute atomic E-state index is 12.6. The van der Waals surface area contributed by atoms with E-state index in [1.165, 1.54) is 0 Å². The number of nitrogens with one attached hydrogen (secondary N) is 1. The molecule has 0 aromatic heterocycles. The highest BCUT2D eigenvalue weighted by molar-refractivity contribution is 7.89. The predicted octanol–water partition coefficient (Wildman–Crippen LogP) is 3.40. The number of sulfonamides is 1. The van der Waals surface area contributed by atoms with Gasteiger partial charge in [0.25, 0.3) is 0 Å². The zero-order valence-corrected chi connectivity index (χ0v) is 16.0. The summed E-state index contributed by atoms with van der Waals surface area (Å²) in [7, 11) is -3.51. The third-order valence-corrected chi connectivity index (χ3v) is 6.73. The molecule has 0 heterocycles. The fraction of sp³-hybridized carbons (Fsp3) is 0.381. The second-order valence-corrected chi connectivity index (χ2v) is 9.18. The van der Waals surface area contributed by atoms with Crippen molar-refractivity contribution in [1.29, 1.82) is 0 Å². The van der Waals surface area contributed by atoms with E-state index >= 15 is 0 Å². The Labute approximate surface area is 160 Å². The number of aliphatic carboxylic acids is 1. The maximum atomic E-state index is 12.6. The molecular formula is C21H25NO4S. The molecule has 0 radical (unpaired) electrons. The highest BCUT2D eigenvalue weighted by Gasteiger charge is 2.35. The Morgan fingerprint density at radius 1 is 0.963 bits per heavy atom. The molecule has 0 atom stereocenters. The van der Waals surface area contributed by atoms with Gasteiger partial charge in [-0.3, -0.25) is 4.79 Å². The monoisotopic (exact) mass is 387 g/mol. The van der Waals surface area contributed by atoms with Crippen molar-refractivity contribution < 1.29 is 18.3 Å². The van der Waals surface area contributed by atoms with Crippen LogP contribution >= 0.6 is 0 Å². The molecule has 2 aromatic rings. The Hall–Kier alpha value is -2.18. The van der Waals surface area contributed by atoms with Crippen molar-refractivity contribution in [1.82, 2.24) is 4.72 Å². The molecule has 2 N–H and O–H groups in total. The Balaban J connectivity index is 1.70. The lowest BCUT2D eigenvalue weighted by Crippen LogP contribution is -2.37. The fourth-order valence-electron chi connectivity index (χ4n) is 3.85. The largest absolute Gasteiger partial charge is 0.481 e. The summed E-state index contributed by atoms with van der Waals surface area (Å²) in [5, 5.41) is 8.88. The van der Waals surface area contributed by atoms with Crippen LogP contribution in [0.4, 0.5) is 0 Å². The Morgan fingerprint density at radius 2 is 1.56 bits per heavy atom. The SMILES string of the molecule is O=C(O)Cc1ccc(CC2(CNS(=O)(=O)c3ccccc3)CCCC2)cc1. The van der Waals surface area contributed by atoms with E-state index in [2.05, 4.69) is 4.72 Å². The molecule has 0 spiro atoms. The van der Waals surface area contributed by atoms with Gasteiger partial charge in [-0.2, -0.15) is 0 Å². The van der Waals surface area contributed by atoms with Gasteiger partial charge in [0, 0.05) is 6.54 Å². The van der Waals surface area contributed by atoms with Crippen LogP contribution in [-0.4, -0.2) is 26.0 Å². The van der Waals surface area contributed by atoms with Gasteiger partial charge in [-0.1, -0.05) is 55.3 Å². The second-order valence-electron chi connectivity index (χ2n) is 7.41. The summed E-state index contributed by atoms with van der Waals surface area (Å²) in [6, 6.07) is 16.1. The minimum atomic E-state index is -3.51. The third kappa shape index (κ3) is 5.17. The average Bonchev–Trinajstić information content (AvgIpc) is 3.11. The number of hydrogen-bond donors (Lipinski definition) is 2. The van der Waals surface area contributed by atoms with E-state index in [0.717, 1.165) is 43.2 Å². The van der Waals surface area contributed by atoms with E-state index < -0.39 is 16.0 Å². The van der Waals surface area contributed by atoms with Crippen molar-refractivity contribution in [2.45, 2.75) is 43.4 Å². The number of benzene rings is 2. The fourth-order valence-corrected chi connectivity index (χ4v) is 5.03. The van der Waals surface area contributed by atoms with Crippen LogP contribution in [0.25, 0.3) is 0 Å². The van der Waals surface area contributed by atoms with Crippen LogP contribution in [0.15, 0.2) is 59.5 Å². The number of carbonyl (C=O) groups is 1. The normalized spacial score (nSPS) is 16.3. The maximum Gasteiger partial charge on any atom is 0.307 e. The van der Waals surface area contributed by atoms with E-state index in [9.17, 15) is 13.2 Å². The van der Waals surface area contributed by atoms with Crippen LogP contribution in [0.1, 0.15) is 36.8 Å². The summed E-state index contributed by atoms with van der Waals surface area (Å²) in [6.07, 6.45) is 4.98. The van der Waals surface area contributed by atoms with Gasteiger partial charge < -0.3 is 5.11 Å². The summed E-state index contributed by atoms with van der Waals surface area (Å²) < 4.78 is 27.9. The highest BCUT2D eigenvalue weighted by Crippen LogP contribution is 2.40. The molecule has 1 aliphatic rings. The van der Waals surface area contributed by atoms with Crippen molar-refractivity contribution in [3.05, 3.63) is 65.7 Å². The first kappa shape index (κ1) is 19.6.